The second-order valence-corrected chi connectivity index (χ2v) is 12.2. The Morgan fingerprint density at radius 3 is 1.96 bits per heavy atom. The number of aliphatic hydroxyl groups excluding tert-OH is 1. The molecule has 4 aromatic rings. The Morgan fingerprint density at radius 2 is 1.37 bits per heavy atom. The van der Waals surface area contributed by atoms with Crippen molar-refractivity contribution in [1.29, 1.82) is 0 Å². The van der Waals surface area contributed by atoms with Gasteiger partial charge in [-0.2, -0.15) is 0 Å². The predicted molar refractivity (Wildman–Crippen MR) is 185 cm³/mol. The summed E-state index contributed by atoms with van der Waals surface area (Å²) in [6.07, 6.45) is 5.08. The van der Waals surface area contributed by atoms with E-state index >= 15 is 0 Å². The number of aliphatic hydroxyl groups is 1. The molecule has 0 saturated carbocycles. The maximum absolute atomic E-state index is 13.8. The van der Waals surface area contributed by atoms with Crippen molar-refractivity contribution in [3.05, 3.63) is 132 Å². The first-order valence-corrected chi connectivity index (χ1v) is 16.2. The van der Waals surface area contributed by atoms with Gasteiger partial charge in [0.2, 0.25) is 0 Å². The fourth-order valence-electron chi connectivity index (χ4n) is 5.12. The van der Waals surface area contributed by atoms with Crippen molar-refractivity contribution >= 4 is 18.0 Å². The normalized spacial score (nSPS) is 12.9. The third-order valence-corrected chi connectivity index (χ3v) is 7.77. The zero-order chi connectivity index (χ0) is 35.0. The van der Waals surface area contributed by atoms with E-state index in [0.29, 0.717) is 13.0 Å². The van der Waals surface area contributed by atoms with Crippen LogP contribution in [0.5, 0.6) is 0 Å². The van der Waals surface area contributed by atoms with Crippen molar-refractivity contribution < 1.29 is 24.2 Å². The van der Waals surface area contributed by atoms with Gasteiger partial charge < -0.3 is 25.4 Å². The molecular formula is C37H45N7O5. The SMILES string of the molecule is CC(C)[C@@H](NC(=O)N(C)Cc1cccnc1)C(=O)NN(Cc1ccccc1)C[C@H](O)[C@H](Cc1ccccc1)NC(=O)OCc1cccnc1. The molecule has 12 nitrogen and oxygen atoms in total. The van der Waals surface area contributed by atoms with Crippen molar-refractivity contribution in [2.75, 3.05) is 13.6 Å². The number of hydrogen-bond acceptors (Lipinski definition) is 8. The van der Waals surface area contributed by atoms with Crippen LogP contribution in [0, 0.1) is 5.92 Å². The fraction of sp³-hybridized carbons (Fsp3) is 0.324. The van der Waals surface area contributed by atoms with Crippen LogP contribution < -0.4 is 16.1 Å². The van der Waals surface area contributed by atoms with E-state index < -0.39 is 36.2 Å². The van der Waals surface area contributed by atoms with Gasteiger partial charge in [0.15, 0.2) is 0 Å². The number of alkyl carbamates (subject to hydrolysis) is 1. The maximum atomic E-state index is 13.8. The second-order valence-electron chi connectivity index (χ2n) is 12.2. The van der Waals surface area contributed by atoms with Gasteiger partial charge in [-0.15, -0.1) is 0 Å². The molecule has 0 spiro atoms. The minimum atomic E-state index is -1.13. The van der Waals surface area contributed by atoms with Gasteiger partial charge in [-0.25, -0.2) is 14.6 Å². The van der Waals surface area contributed by atoms with Crippen LogP contribution in [0.25, 0.3) is 0 Å². The number of pyridine rings is 2. The molecule has 12 heteroatoms. The van der Waals surface area contributed by atoms with E-state index in [0.717, 1.165) is 22.3 Å². The lowest BCUT2D eigenvalue weighted by Gasteiger charge is -2.32. The number of carbonyl (C=O) groups excluding carboxylic acids is 3. The van der Waals surface area contributed by atoms with Crippen LogP contribution in [-0.4, -0.2) is 74.8 Å². The monoisotopic (exact) mass is 667 g/mol. The minimum absolute atomic E-state index is 0.0176. The van der Waals surface area contributed by atoms with E-state index in [2.05, 4.69) is 26.0 Å². The summed E-state index contributed by atoms with van der Waals surface area (Å²) in [6, 6.07) is 24.1. The molecule has 0 fully saturated rings. The van der Waals surface area contributed by atoms with E-state index in [1.807, 2.05) is 80.6 Å². The smallest absolute Gasteiger partial charge is 0.407 e. The summed E-state index contributed by atoms with van der Waals surface area (Å²) in [6.45, 7) is 4.24. The van der Waals surface area contributed by atoms with Gasteiger partial charge >= 0.3 is 12.1 Å². The molecule has 0 bridgehead atoms. The first kappa shape index (κ1) is 36.5. The molecule has 2 aromatic carbocycles. The summed E-state index contributed by atoms with van der Waals surface area (Å²) in [5, 5.41) is 18.9. The first-order valence-electron chi connectivity index (χ1n) is 16.2. The lowest BCUT2D eigenvalue weighted by atomic mass is 10.0. The van der Waals surface area contributed by atoms with Gasteiger partial charge in [0, 0.05) is 57.0 Å². The summed E-state index contributed by atoms with van der Waals surface area (Å²) in [5.41, 5.74) is 6.30. The molecule has 3 atom stereocenters. The van der Waals surface area contributed by atoms with E-state index in [4.69, 9.17) is 4.74 Å². The van der Waals surface area contributed by atoms with E-state index in [1.54, 1.807) is 55.0 Å². The molecule has 2 heterocycles. The quantitative estimate of drug-likeness (QED) is 0.131. The van der Waals surface area contributed by atoms with Crippen LogP contribution >= 0.6 is 0 Å². The summed E-state index contributed by atoms with van der Waals surface area (Å²) in [5.74, 6) is -0.689. The number of carbonyl (C=O) groups is 3. The molecule has 0 radical (unpaired) electrons. The van der Waals surface area contributed by atoms with E-state index in [9.17, 15) is 19.5 Å². The lowest BCUT2D eigenvalue weighted by Crippen LogP contribution is -2.58. The standard InChI is InChI=1S/C37H45N7O5/c1-27(2)34(41-36(47)43(3)23-30-16-10-18-38-21-30)35(46)42-44(24-29-14-8-5-9-15-29)25-33(45)32(20-28-12-6-4-7-13-28)40-37(48)49-26-31-17-11-19-39-22-31/h4-19,21-22,27,32-34,45H,20,23-26H2,1-3H3,(H,40,48)(H,41,47)(H,42,46)/t32-,33-,34+/m0/s1. The largest absolute Gasteiger partial charge is 0.445 e. The van der Waals surface area contributed by atoms with Crippen LogP contribution in [0.3, 0.4) is 0 Å². The van der Waals surface area contributed by atoms with Crippen molar-refractivity contribution in [3.8, 4) is 0 Å². The van der Waals surface area contributed by atoms with Crippen molar-refractivity contribution in [1.82, 2.24) is 35.9 Å². The molecule has 49 heavy (non-hydrogen) atoms. The summed E-state index contributed by atoms with van der Waals surface area (Å²) >= 11 is 0. The van der Waals surface area contributed by atoms with E-state index in [1.165, 1.54) is 4.90 Å². The maximum Gasteiger partial charge on any atom is 0.407 e. The number of hydrogen-bond donors (Lipinski definition) is 4. The van der Waals surface area contributed by atoms with Crippen molar-refractivity contribution in [2.45, 2.75) is 58.2 Å². The number of aromatic nitrogens is 2. The van der Waals surface area contributed by atoms with Gasteiger partial charge in [-0.1, -0.05) is 86.6 Å². The van der Waals surface area contributed by atoms with Gasteiger partial charge in [-0.05, 0) is 41.2 Å². The topological polar surface area (TPSA) is 149 Å². The zero-order valence-corrected chi connectivity index (χ0v) is 28.1. The van der Waals surface area contributed by atoms with Crippen LogP contribution in [0.15, 0.2) is 110 Å². The average Bonchev–Trinajstić information content (AvgIpc) is 3.10. The molecule has 0 aliphatic rings. The molecule has 0 aliphatic carbocycles. The van der Waals surface area contributed by atoms with Crippen LogP contribution in [0.4, 0.5) is 9.59 Å². The third-order valence-electron chi connectivity index (χ3n) is 7.77. The number of benzene rings is 2. The highest BCUT2D eigenvalue weighted by Crippen LogP contribution is 2.12. The Hall–Kier alpha value is -5.33. The number of nitrogens with one attached hydrogen (secondary N) is 3. The third kappa shape index (κ3) is 12.3. The number of rotatable bonds is 16. The molecular weight excluding hydrogens is 622 g/mol. The zero-order valence-electron chi connectivity index (χ0n) is 28.1. The first-order chi connectivity index (χ1) is 23.7. The fourth-order valence-corrected chi connectivity index (χ4v) is 5.12. The Bertz CT molecular complexity index is 1580. The van der Waals surface area contributed by atoms with Crippen LogP contribution in [0.2, 0.25) is 0 Å². The number of urea groups is 1. The number of ether oxygens (including phenoxy) is 1. The molecule has 2 aromatic heterocycles. The van der Waals surface area contributed by atoms with Crippen LogP contribution in [0.1, 0.15) is 36.1 Å². The summed E-state index contributed by atoms with van der Waals surface area (Å²) in [7, 11) is 1.65. The summed E-state index contributed by atoms with van der Waals surface area (Å²) < 4.78 is 5.43. The molecule has 4 rings (SSSR count). The van der Waals surface area contributed by atoms with Gasteiger partial charge in [0.1, 0.15) is 12.6 Å². The molecule has 4 N–H and O–H groups in total. The molecule has 0 aliphatic heterocycles. The number of nitrogens with zero attached hydrogens (tertiary/aromatic N) is 4. The Balaban J connectivity index is 1.47. The van der Waals surface area contributed by atoms with E-state index in [-0.39, 0.29) is 25.6 Å². The Labute approximate surface area is 287 Å². The Morgan fingerprint density at radius 1 is 0.776 bits per heavy atom. The highest BCUT2D eigenvalue weighted by atomic mass is 16.5. The average molecular weight is 668 g/mol. The van der Waals surface area contributed by atoms with Gasteiger partial charge in [-0.3, -0.25) is 20.2 Å². The van der Waals surface area contributed by atoms with Crippen molar-refractivity contribution in [3.63, 3.8) is 0 Å². The Kier molecular flexibility index (Phi) is 14.1. The predicted octanol–water partition coefficient (Wildman–Crippen LogP) is 4.07. The summed E-state index contributed by atoms with van der Waals surface area (Å²) in [4.78, 5) is 49.4. The minimum Gasteiger partial charge on any atom is -0.445 e. The molecule has 0 saturated heterocycles. The molecule has 258 valence electrons. The lowest BCUT2D eigenvalue weighted by molar-refractivity contribution is -0.130. The highest BCUT2D eigenvalue weighted by Gasteiger charge is 2.30. The van der Waals surface area contributed by atoms with Crippen molar-refractivity contribution in [2.24, 2.45) is 5.92 Å². The van der Waals surface area contributed by atoms with Gasteiger partial charge in [0.05, 0.1) is 12.1 Å². The molecule has 4 amide bonds. The number of amides is 4. The second kappa shape index (κ2) is 18.9. The van der Waals surface area contributed by atoms with Gasteiger partial charge in [0.25, 0.3) is 5.91 Å². The highest BCUT2D eigenvalue weighted by molar-refractivity contribution is 5.87. The molecule has 0 unspecified atom stereocenters. The van der Waals surface area contributed by atoms with Crippen LogP contribution in [-0.2, 0) is 35.6 Å². The number of hydrazine groups is 1.